The molecule has 2 aromatic rings. The smallest absolute Gasteiger partial charge is 0.230 e. The molecule has 0 radical (unpaired) electrons. The Kier molecular flexibility index (Phi) is 4.73. The molecule has 1 saturated heterocycles. The highest BCUT2D eigenvalue weighted by atomic mass is 35.5. The van der Waals surface area contributed by atoms with E-state index >= 15 is 0 Å². The highest BCUT2D eigenvalue weighted by Crippen LogP contribution is 2.26. The van der Waals surface area contributed by atoms with Crippen molar-refractivity contribution in [2.75, 3.05) is 13.1 Å². The van der Waals surface area contributed by atoms with Gasteiger partial charge in [0.1, 0.15) is 5.82 Å². The van der Waals surface area contributed by atoms with Gasteiger partial charge < -0.3 is 9.84 Å². The minimum Gasteiger partial charge on any atom is -0.339 e. The quantitative estimate of drug-likeness (QED) is 0.925. The topological polar surface area (TPSA) is 51.0 Å². The molecule has 0 spiro atoms. The van der Waals surface area contributed by atoms with E-state index < -0.39 is 0 Å². The van der Waals surface area contributed by atoms with Crippen LogP contribution in [0.2, 0.25) is 0 Å². The lowest BCUT2D eigenvalue weighted by atomic mass is 9.98. The van der Waals surface area contributed by atoms with Crippen molar-refractivity contribution in [3.63, 3.8) is 0 Å². The molecule has 1 aliphatic heterocycles. The minimum atomic E-state index is -0.245. The summed E-state index contributed by atoms with van der Waals surface area (Å²) in [7, 11) is 0. The molecule has 0 amide bonds. The number of halogens is 2. The number of aryl methyl sites for hydroxylation is 1. The fraction of sp³-hybridized carbons (Fsp3) is 0.429. The van der Waals surface area contributed by atoms with Crippen LogP contribution in [0.15, 0.2) is 22.7 Å². The number of piperidine rings is 1. The maximum absolute atomic E-state index is 13.5. The first-order valence-corrected chi connectivity index (χ1v) is 6.55. The van der Waals surface area contributed by atoms with Crippen molar-refractivity contribution in [2.24, 2.45) is 0 Å². The zero-order chi connectivity index (χ0) is 13.2. The van der Waals surface area contributed by atoms with Gasteiger partial charge in [-0.1, -0.05) is 17.3 Å². The molecule has 108 valence electrons. The van der Waals surface area contributed by atoms with Gasteiger partial charge in [-0.25, -0.2) is 4.39 Å². The Hall–Kier alpha value is -1.46. The summed E-state index contributed by atoms with van der Waals surface area (Å²) in [6.07, 6.45) is 2.01. The molecular weight excluding hydrogens is 281 g/mol. The summed E-state index contributed by atoms with van der Waals surface area (Å²) in [6.45, 7) is 3.68. The van der Waals surface area contributed by atoms with E-state index in [2.05, 4.69) is 15.5 Å². The highest BCUT2D eigenvalue weighted by molar-refractivity contribution is 5.85. The number of hydrogen-bond acceptors (Lipinski definition) is 4. The van der Waals surface area contributed by atoms with Gasteiger partial charge in [0.25, 0.3) is 0 Å². The Balaban J connectivity index is 0.00000147. The second-order valence-corrected chi connectivity index (χ2v) is 4.94. The fourth-order valence-corrected chi connectivity index (χ4v) is 2.32. The van der Waals surface area contributed by atoms with Gasteiger partial charge in [0, 0.05) is 11.5 Å². The summed E-state index contributed by atoms with van der Waals surface area (Å²) in [5.74, 6) is 1.20. The molecule has 2 heterocycles. The van der Waals surface area contributed by atoms with Gasteiger partial charge in [-0.2, -0.15) is 4.98 Å². The average molecular weight is 298 g/mol. The van der Waals surface area contributed by atoms with Crippen LogP contribution >= 0.6 is 12.4 Å². The fourth-order valence-electron chi connectivity index (χ4n) is 2.32. The Morgan fingerprint density at radius 2 is 2.05 bits per heavy atom. The van der Waals surface area contributed by atoms with Crippen LogP contribution < -0.4 is 5.32 Å². The lowest BCUT2D eigenvalue weighted by Crippen LogP contribution is -2.26. The minimum absolute atomic E-state index is 0. The van der Waals surface area contributed by atoms with Crippen LogP contribution in [0, 0.1) is 12.7 Å². The van der Waals surface area contributed by atoms with Crippen LogP contribution in [0.5, 0.6) is 0 Å². The molecular formula is C14H17ClFN3O. The van der Waals surface area contributed by atoms with E-state index in [9.17, 15) is 4.39 Å². The van der Waals surface area contributed by atoms with Crippen LogP contribution in [0.3, 0.4) is 0 Å². The normalized spacial score (nSPS) is 15.9. The van der Waals surface area contributed by atoms with E-state index in [0.717, 1.165) is 25.9 Å². The number of nitrogens with zero attached hydrogens (tertiary/aromatic N) is 2. The van der Waals surface area contributed by atoms with E-state index in [-0.39, 0.29) is 18.2 Å². The number of hydrogen-bond donors (Lipinski definition) is 1. The van der Waals surface area contributed by atoms with Crippen LogP contribution in [-0.2, 0) is 0 Å². The van der Waals surface area contributed by atoms with Gasteiger partial charge in [0.2, 0.25) is 11.7 Å². The summed E-state index contributed by atoms with van der Waals surface area (Å²) >= 11 is 0. The lowest BCUT2D eigenvalue weighted by Gasteiger charge is -2.18. The summed E-state index contributed by atoms with van der Waals surface area (Å²) in [5, 5.41) is 7.26. The summed E-state index contributed by atoms with van der Waals surface area (Å²) < 4.78 is 18.8. The van der Waals surface area contributed by atoms with Gasteiger partial charge in [0.15, 0.2) is 0 Å². The third kappa shape index (κ3) is 2.99. The first-order valence-electron chi connectivity index (χ1n) is 6.55. The second-order valence-electron chi connectivity index (χ2n) is 4.94. The Labute approximate surface area is 123 Å². The van der Waals surface area contributed by atoms with Gasteiger partial charge in [-0.05, 0) is 44.5 Å². The molecule has 6 heteroatoms. The maximum atomic E-state index is 13.5. The van der Waals surface area contributed by atoms with Crippen LogP contribution in [0.4, 0.5) is 4.39 Å². The number of nitrogens with one attached hydrogen (secondary N) is 1. The molecule has 1 aromatic carbocycles. The van der Waals surface area contributed by atoms with Crippen molar-refractivity contribution in [2.45, 2.75) is 25.7 Å². The second kappa shape index (κ2) is 6.33. The van der Waals surface area contributed by atoms with Crippen LogP contribution in [0.25, 0.3) is 11.4 Å². The van der Waals surface area contributed by atoms with Crippen molar-refractivity contribution in [3.05, 3.63) is 35.5 Å². The molecule has 0 unspecified atom stereocenters. The third-order valence-electron chi connectivity index (χ3n) is 3.56. The monoisotopic (exact) mass is 297 g/mol. The maximum Gasteiger partial charge on any atom is 0.230 e. The Bertz CT molecular complexity index is 582. The van der Waals surface area contributed by atoms with E-state index in [0.29, 0.717) is 28.8 Å². The molecule has 1 aliphatic rings. The van der Waals surface area contributed by atoms with Crippen LogP contribution in [0.1, 0.15) is 30.2 Å². The van der Waals surface area contributed by atoms with Gasteiger partial charge in [-0.15, -0.1) is 12.4 Å². The van der Waals surface area contributed by atoms with Crippen LogP contribution in [-0.4, -0.2) is 23.2 Å². The predicted octanol–water partition coefficient (Wildman–Crippen LogP) is 3.07. The van der Waals surface area contributed by atoms with Crippen molar-refractivity contribution >= 4 is 12.4 Å². The summed E-state index contributed by atoms with van der Waals surface area (Å²) in [5.41, 5.74) is 1.28. The van der Waals surface area contributed by atoms with E-state index in [4.69, 9.17) is 4.52 Å². The molecule has 0 bridgehead atoms. The van der Waals surface area contributed by atoms with E-state index in [1.165, 1.54) is 6.07 Å². The Morgan fingerprint density at radius 1 is 1.30 bits per heavy atom. The molecule has 0 saturated carbocycles. The first-order chi connectivity index (χ1) is 9.24. The molecule has 0 aliphatic carbocycles. The predicted molar refractivity (Wildman–Crippen MR) is 76.5 cm³/mol. The molecule has 1 aromatic heterocycles. The van der Waals surface area contributed by atoms with Crippen molar-refractivity contribution < 1.29 is 8.91 Å². The zero-order valence-electron chi connectivity index (χ0n) is 11.2. The molecule has 4 nitrogen and oxygen atoms in total. The average Bonchev–Trinajstić information content (AvgIpc) is 2.93. The molecule has 1 fully saturated rings. The van der Waals surface area contributed by atoms with Crippen molar-refractivity contribution in [1.82, 2.24) is 15.5 Å². The van der Waals surface area contributed by atoms with Crippen molar-refractivity contribution in [1.29, 1.82) is 0 Å². The number of benzene rings is 1. The van der Waals surface area contributed by atoms with Gasteiger partial charge in [0.05, 0.1) is 0 Å². The molecule has 3 rings (SSSR count). The number of aromatic nitrogens is 2. The standard InChI is InChI=1S/C14H16FN3O.ClH/c1-9-2-3-11(8-12(9)15)13-17-14(19-18-13)10-4-6-16-7-5-10;/h2-3,8,10,16H,4-7H2,1H3;1H. The van der Waals surface area contributed by atoms with Gasteiger partial charge in [-0.3, -0.25) is 0 Å². The Morgan fingerprint density at radius 3 is 2.75 bits per heavy atom. The summed E-state index contributed by atoms with van der Waals surface area (Å²) in [4.78, 5) is 4.40. The number of rotatable bonds is 2. The highest BCUT2D eigenvalue weighted by Gasteiger charge is 2.21. The van der Waals surface area contributed by atoms with E-state index in [1.807, 2.05) is 6.07 Å². The van der Waals surface area contributed by atoms with Gasteiger partial charge >= 0.3 is 0 Å². The van der Waals surface area contributed by atoms with Crippen molar-refractivity contribution in [3.8, 4) is 11.4 Å². The lowest BCUT2D eigenvalue weighted by molar-refractivity contribution is 0.320. The molecule has 0 atom stereocenters. The molecule has 20 heavy (non-hydrogen) atoms. The zero-order valence-corrected chi connectivity index (χ0v) is 12.0. The summed E-state index contributed by atoms with van der Waals surface area (Å²) in [6, 6.07) is 4.99. The first kappa shape index (κ1) is 14.9. The largest absolute Gasteiger partial charge is 0.339 e. The SMILES string of the molecule is Cc1ccc(-c2noc(C3CCNCC3)n2)cc1F.Cl. The van der Waals surface area contributed by atoms with E-state index in [1.54, 1.807) is 13.0 Å². The third-order valence-corrected chi connectivity index (χ3v) is 3.56. The molecule has 1 N–H and O–H groups in total.